The van der Waals surface area contributed by atoms with Crippen LogP contribution < -0.4 is 4.74 Å². The second kappa shape index (κ2) is 6.47. The van der Waals surface area contributed by atoms with Crippen LogP contribution in [0, 0.1) is 17.2 Å². The van der Waals surface area contributed by atoms with Crippen molar-refractivity contribution in [2.24, 2.45) is 5.92 Å². The van der Waals surface area contributed by atoms with Crippen LogP contribution in [0.25, 0.3) is 0 Å². The molecule has 0 saturated carbocycles. The zero-order chi connectivity index (χ0) is 13.8. The molecule has 1 heterocycles. The summed E-state index contributed by atoms with van der Waals surface area (Å²) in [6.07, 6.45) is 2.04. The third-order valence-electron chi connectivity index (χ3n) is 3.37. The lowest BCUT2D eigenvalue weighted by atomic mass is 9.99. The van der Waals surface area contributed by atoms with Gasteiger partial charge in [0.15, 0.2) is 0 Å². The standard InChI is InChI=1S/C14H16Cl2N2O/c1-19-14-11(5-12(15)6-13(14)16)9-18-4-2-3-10(7-17)8-18/h5-6,10H,2-4,8-9H2,1H3/t10-/m0/s1. The largest absolute Gasteiger partial charge is 0.495 e. The average Bonchev–Trinajstić information content (AvgIpc) is 2.38. The van der Waals surface area contributed by atoms with Gasteiger partial charge in [0, 0.05) is 23.7 Å². The molecule has 2 rings (SSSR count). The first-order valence-electron chi connectivity index (χ1n) is 6.28. The van der Waals surface area contributed by atoms with Gasteiger partial charge in [0.2, 0.25) is 0 Å². The van der Waals surface area contributed by atoms with Crippen molar-refractivity contribution in [3.63, 3.8) is 0 Å². The third kappa shape index (κ3) is 3.54. The normalized spacial score (nSPS) is 20.0. The lowest BCUT2D eigenvalue weighted by Crippen LogP contribution is -2.34. The van der Waals surface area contributed by atoms with E-state index >= 15 is 0 Å². The first-order valence-corrected chi connectivity index (χ1v) is 7.03. The Labute approximate surface area is 123 Å². The van der Waals surface area contributed by atoms with Crippen molar-refractivity contribution in [1.82, 2.24) is 4.90 Å². The van der Waals surface area contributed by atoms with E-state index in [1.165, 1.54) is 0 Å². The number of hydrogen-bond acceptors (Lipinski definition) is 3. The number of rotatable bonds is 3. The molecular formula is C14H16Cl2N2O. The summed E-state index contributed by atoms with van der Waals surface area (Å²) in [7, 11) is 1.60. The van der Waals surface area contributed by atoms with Crippen LogP contribution in [0.3, 0.4) is 0 Å². The Morgan fingerprint density at radius 1 is 1.47 bits per heavy atom. The summed E-state index contributed by atoms with van der Waals surface area (Å²) < 4.78 is 5.34. The van der Waals surface area contributed by atoms with E-state index in [0.29, 0.717) is 22.3 Å². The van der Waals surface area contributed by atoms with Crippen LogP contribution in [-0.4, -0.2) is 25.1 Å². The van der Waals surface area contributed by atoms with Crippen LogP contribution in [0.5, 0.6) is 5.75 Å². The molecule has 3 nitrogen and oxygen atoms in total. The zero-order valence-corrected chi connectivity index (χ0v) is 12.3. The fourth-order valence-corrected chi connectivity index (χ4v) is 3.12. The Morgan fingerprint density at radius 2 is 2.26 bits per heavy atom. The Kier molecular flexibility index (Phi) is 4.93. The maximum Gasteiger partial charge on any atom is 0.142 e. The van der Waals surface area contributed by atoms with Crippen molar-refractivity contribution >= 4 is 23.2 Å². The van der Waals surface area contributed by atoms with Crippen molar-refractivity contribution in [3.8, 4) is 11.8 Å². The highest BCUT2D eigenvalue weighted by Crippen LogP contribution is 2.33. The first-order chi connectivity index (χ1) is 9.13. The van der Waals surface area contributed by atoms with E-state index in [9.17, 15) is 0 Å². The van der Waals surface area contributed by atoms with E-state index in [1.807, 2.05) is 6.07 Å². The minimum atomic E-state index is 0.120. The molecule has 1 atom stereocenters. The smallest absolute Gasteiger partial charge is 0.142 e. The highest BCUT2D eigenvalue weighted by Gasteiger charge is 2.21. The molecule has 0 aromatic heterocycles. The molecule has 102 valence electrons. The van der Waals surface area contributed by atoms with Crippen LogP contribution in [0.1, 0.15) is 18.4 Å². The summed E-state index contributed by atoms with van der Waals surface area (Å²) in [5.74, 6) is 0.791. The van der Waals surface area contributed by atoms with Gasteiger partial charge in [0.25, 0.3) is 0 Å². The average molecular weight is 299 g/mol. The Balaban J connectivity index is 2.16. The molecule has 0 amide bonds. The Hall–Kier alpha value is -0.950. The second-order valence-electron chi connectivity index (χ2n) is 4.78. The molecule has 0 aliphatic carbocycles. The van der Waals surface area contributed by atoms with Gasteiger partial charge in [-0.05, 0) is 31.5 Å². The maximum atomic E-state index is 9.02. The van der Waals surface area contributed by atoms with E-state index in [0.717, 1.165) is 31.5 Å². The molecule has 1 aromatic rings. The van der Waals surface area contributed by atoms with Crippen molar-refractivity contribution < 1.29 is 4.74 Å². The van der Waals surface area contributed by atoms with Crippen molar-refractivity contribution in [2.75, 3.05) is 20.2 Å². The van der Waals surface area contributed by atoms with Gasteiger partial charge in [-0.1, -0.05) is 23.2 Å². The van der Waals surface area contributed by atoms with Crippen molar-refractivity contribution in [2.45, 2.75) is 19.4 Å². The molecule has 0 radical (unpaired) electrons. The van der Waals surface area contributed by atoms with Gasteiger partial charge in [-0.15, -0.1) is 0 Å². The molecule has 0 N–H and O–H groups in total. The van der Waals surface area contributed by atoms with Gasteiger partial charge in [0.05, 0.1) is 24.1 Å². The van der Waals surface area contributed by atoms with Gasteiger partial charge >= 0.3 is 0 Å². The summed E-state index contributed by atoms with van der Waals surface area (Å²) in [5.41, 5.74) is 0.971. The van der Waals surface area contributed by atoms with Gasteiger partial charge < -0.3 is 4.74 Å². The number of ether oxygens (including phenoxy) is 1. The molecule has 1 aromatic carbocycles. The lowest BCUT2D eigenvalue weighted by Gasteiger charge is -2.30. The highest BCUT2D eigenvalue weighted by molar-refractivity contribution is 6.35. The Bertz CT molecular complexity index is 499. The summed E-state index contributed by atoms with van der Waals surface area (Å²) in [4.78, 5) is 2.25. The molecule has 0 bridgehead atoms. The Morgan fingerprint density at radius 3 is 2.95 bits per heavy atom. The summed E-state index contributed by atoms with van der Waals surface area (Å²) in [6.45, 7) is 2.50. The molecule has 0 spiro atoms. The molecule has 1 aliphatic rings. The molecule has 1 fully saturated rings. The predicted octanol–water partition coefficient (Wildman–Crippen LogP) is 3.74. The lowest BCUT2D eigenvalue weighted by molar-refractivity contribution is 0.190. The number of piperidine rings is 1. The van der Waals surface area contributed by atoms with Crippen molar-refractivity contribution in [3.05, 3.63) is 27.7 Å². The fraction of sp³-hybridized carbons (Fsp3) is 0.500. The molecule has 1 saturated heterocycles. The first kappa shape index (κ1) is 14.5. The molecule has 5 heteroatoms. The predicted molar refractivity (Wildman–Crippen MR) is 76.6 cm³/mol. The minimum absolute atomic E-state index is 0.120. The third-order valence-corrected chi connectivity index (χ3v) is 3.87. The number of methoxy groups -OCH3 is 1. The number of hydrogen-bond donors (Lipinski definition) is 0. The summed E-state index contributed by atoms with van der Waals surface area (Å²) in [6, 6.07) is 5.90. The number of nitriles is 1. The quantitative estimate of drug-likeness (QED) is 0.853. The van der Waals surface area contributed by atoms with E-state index < -0.39 is 0 Å². The van der Waals surface area contributed by atoms with Crippen LogP contribution in [0.4, 0.5) is 0 Å². The number of benzene rings is 1. The number of halogens is 2. The van der Waals surface area contributed by atoms with Crippen LogP contribution in [0.15, 0.2) is 12.1 Å². The summed E-state index contributed by atoms with van der Waals surface area (Å²) >= 11 is 12.2. The minimum Gasteiger partial charge on any atom is -0.495 e. The SMILES string of the molecule is COc1c(Cl)cc(Cl)cc1CN1CCC[C@@H](C#N)C1. The van der Waals surface area contributed by atoms with Crippen molar-refractivity contribution in [1.29, 1.82) is 5.26 Å². The number of likely N-dealkylation sites (tertiary alicyclic amines) is 1. The van der Waals surface area contributed by atoms with E-state index in [-0.39, 0.29) is 5.92 Å². The maximum absolute atomic E-state index is 9.02. The van der Waals surface area contributed by atoms with Crippen LogP contribution in [-0.2, 0) is 6.54 Å². The fourth-order valence-electron chi connectivity index (χ4n) is 2.51. The summed E-state index contributed by atoms with van der Waals surface area (Å²) in [5, 5.41) is 10.2. The molecule has 19 heavy (non-hydrogen) atoms. The molecule has 0 unspecified atom stereocenters. The van der Waals surface area contributed by atoms with Crippen LogP contribution >= 0.6 is 23.2 Å². The van der Waals surface area contributed by atoms with Gasteiger partial charge in [0.1, 0.15) is 5.75 Å². The monoisotopic (exact) mass is 298 g/mol. The molecular weight excluding hydrogens is 283 g/mol. The molecule has 1 aliphatic heterocycles. The van der Waals surface area contributed by atoms with E-state index in [1.54, 1.807) is 13.2 Å². The van der Waals surface area contributed by atoms with Gasteiger partial charge in [-0.2, -0.15) is 5.26 Å². The second-order valence-corrected chi connectivity index (χ2v) is 5.63. The van der Waals surface area contributed by atoms with E-state index in [4.69, 9.17) is 33.2 Å². The van der Waals surface area contributed by atoms with Gasteiger partial charge in [-0.25, -0.2) is 0 Å². The number of nitrogens with zero attached hydrogens (tertiary/aromatic N) is 2. The van der Waals surface area contributed by atoms with Gasteiger partial charge in [-0.3, -0.25) is 4.90 Å². The van der Waals surface area contributed by atoms with Crippen LogP contribution in [0.2, 0.25) is 10.0 Å². The highest BCUT2D eigenvalue weighted by atomic mass is 35.5. The zero-order valence-electron chi connectivity index (χ0n) is 10.8. The van der Waals surface area contributed by atoms with E-state index in [2.05, 4.69) is 11.0 Å². The topological polar surface area (TPSA) is 36.3 Å².